The molecule has 0 radical (unpaired) electrons. The topological polar surface area (TPSA) is 41.3 Å². The molecule has 1 aromatic heterocycles. The molecular formula is C16H27N3O. The summed E-state index contributed by atoms with van der Waals surface area (Å²) in [6.07, 6.45) is 9.86. The van der Waals surface area contributed by atoms with E-state index in [1.165, 1.54) is 31.2 Å². The van der Waals surface area contributed by atoms with Gasteiger partial charge in [0.25, 0.3) is 0 Å². The summed E-state index contributed by atoms with van der Waals surface area (Å²) >= 11 is 0. The van der Waals surface area contributed by atoms with E-state index in [-0.39, 0.29) is 6.10 Å². The second kappa shape index (κ2) is 5.86. The molecule has 1 aliphatic heterocycles. The Morgan fingerprint density at radius 3 is 2.95 bits per heavy atom. The highest BCUT2D eigenvalue weighted by molar-refractivity contribution is 5.05. The van der Waals surface area contributed by atoms with Gasteiger partial charge in [-0.2, -0.15) is 5.10 Å². The number of likely N-dealkylation sites (tertiary alicyclic amines) is 1. The molecule has 1 aromatic rings. The molecule has 0 spiro atoms. The van der Waals surface area contributed by atoms with Crippen LogP contribution in [-0.2, 0) is 13.6 Å². The minimum Gasteiger partial charge on any atom is -0.393 e. The summed E-state index contributed by atoms with van der Waals surface area (Å²) in [5, 5.41) is 14.7. The van der Waals surface area contributed by atoms with E-state index in [1.807, 2.05) is 17.9 Å². The molecule has 20 heavy (non-hydrogen) atoms. The van der Waals surface area contributed by atoms with E-state index in [0.717, 1.165) is 25.4 Å². The summed E-state index contributed by atoms with van der Waals surface area (Å²) in [5.41, 5.74) is 1.29. The predicted octanol–water partition coefficient (Wildman–Crippen LogP) is 2.18. The summed E-state index contributed by atoms with van der Waals surface area (Å²) in [7, 11) is 1.97. The molecule has 0 aromatic carbocycles. The first-order valence-electron chi connectivity index (χ1n) is 8.03. The average Bonchev–Trinajstić information content (AvgIpc) is 3.02. The first-order valence-corrected chi connectivity index (χ1v) is 8.03. The standard InChI is InChI=1S/C16H27N3O/c1-12-5-6-16(20)14(8-12)15-4-3-7-19(15)11-13-9-17-18(2)10-13/h9-10,12,14-16,20H,3-8,11H2,1-2H3/t12-,14-,15+,16+/m1/s1. The molecule has 1 saturated carbocycles. The maximum atomic E-state index is 10.4. The van der Waals surface area contributed by atoms with E-state index in [4.69, 9.17) is 0 Å². The summed E-state index contributed by atoms with van der Waals surface area (Å²) in [5.74, 6) is 1.24. The van der Waals surface area contributed by atoms with Crippen molar-refractivity contribution in [3.05, 3.63) is 18.0 Å². The molecule has 1 aliphatic carbocycles. The van der Waals surface area contributed by atoms with Gasteiger partial charge in [-0.05, 0) is 44.6 Å². The van der Waals surface area contributed by atoms with Crippen LogP contribution in [-0.4, -0.2) is 38.5 Å². The Kier molecular flexibility index (Phi) is 4.13. The lowest BCUT2D eigenvalue weighted by Gasteiger charge is -2.39. The van der Waals surface area contributed by atoms with Crippen molar-refractivity contribution >= 4 is 0 Å². The van der Waals surface area contributed by atoms with Crippen molar-refractivity contribution in [3.8, 4) is 0 Å². The molecule has 4 atom stereocenters. The molecule has 1 N–H and O–H groups in total. The SMILES string of the molecule is C[C@@H]1CC[C@H](O)[C@@H]([C@@H]2CCCN2Cc2cnn(C)c2)C1. The molecule has 0 bridgehead atoms. The molecule has 4 heteroatoms. The molecule has 3 rings (SSSR count). The van der Waals surface area contributed by atoms with E-state index < -0.39 is 0 Å². The summed E-state index contributed by atoms with van der Waals surface area (Å²) < 4.78 is 1.87. The van der Waals surface area contributed by atoms with Crippen LogP contribution in [0.5, 0.6) is 0 Å². The van der Waals surface area contributed by atoms with Crippen LogP contribution < -0.4 is 0 Å². The van der Waals surface area contributed by atoms with E-state index in [1.54, 1.807) is 0 Å². The summed E-state index contributed by atoms with van der Waals surface area (Å²) in [6, 6.07) is 0.563. The fourth-order valence-corrected chi connectivity index (χ4v) is 4.14. The van der Waals surface area contributed by atoms with Crippen molar-refractivity contribution in [3.63, 3.8) is 0 Å². The van der Waals surface area contributed by atoms with E-state index in [9.17, 15) is 5.11 Å². The first kappa shape index (κ1) is 14.1. The normalized spacial score (nSPS) is 35.5. The number of rotatable bonds is 3. The Labute approximate surface area is 121 Å². The molecule has 2 heterocycles. The maximum absolute atomic E-state index is 10.4. The van der Waals surface area contributed by atoms with Gasteiger partial charge in [0.2, 0.25) is 0 Å². The lowest BCUT2D eigenvalue weighted by atomic mass is 9.76. The molecule has 2 aliphatic rings. The van der Waals surface area contributed by atoms with Gasteiger partial charge in [-0.25, -0.2) is 0 Å². The number of aromatic nitrogens is 2. The van der Waals surface area contributed by atoms with Gasteiger partial charge in [0.05, 0.1) is 12.3 Å². The van der Waals surface area contributed by atoms with Crippen LogP contribution in [0.1, 0.15) is 44.6 Å². The van der Waals surface area contributed by atoms with Crippen molar-refractivity contribution in [2.24, 2.45) is 18.9 Å². The molecule has 2 fully saturated rings. The lowest BCUT2D eigenvalue weighted by molar-refractivity contribution is 0.00553. The number of aliphatic hydroxyl groups is 1. The zero-order chi connectivity index (χ0) is 14.1. The van der Waals surface area contributed by atoms with Crippen LogP contribution in [0.25, 0.3) is 0 Å². The third-order valence-corrected chi connectivity index (χ3v) is 5.18. The number of hydrogen-bond acceptors (Lipinski definition) is 3. The summed E-state index contributed by atoms with van der Waals surface area (Å²) in [6.45, 7) is 4.48. The monoisotopic (exact) mass is 277 g/mol. The van der Waals surface area contributed by atoms with E-state index in [2.05, 4.69) is 23.1 Å². The molecule has 1 saturated heterocycles. The Morgan fingerprint density at radius 1 is 1.35 bits per heavy atom. The summed E-state index contributed by atoms with van der Waals surface area (Å²) in [4.78, 5) is 2.57. The second-order valence-electron chi connectivity index (χ2n) is 6.85. The first-order chi connectivity index (χ1) is 9.63. The zero-order valence-corrected chi connectivity index (χ0v) is 12.7. The third-order valence-electron chi connectivity index (χ3n) is 5.18. The van der Waals surface area contributed by atoms with Gasteiger partial charge < -0.3 is 5.11 Å². The van der Waals surface area contributed by atoms with Crippen LogP contribution in [0.3, 0.4) is 0 Å². The molecular weight excluding hydrogens is 250 g/mol. The molecule has 4 nitrogen and oxygen atoms in total. The Bertz CT molecular complexity index is 445. The fraction of sp³-hybridized carbons (Fsp3) is 0.812. The Morgan fingerprint density at radius 2 is 2.20 bits per heavy atom. The Balaban J connectivity index is 1.68. The zero-order valence-electron chi connectivity index (χ0n) is 12.7. The second-order valence-corrected chi connectivity index (χ2v) is 6.85. The largest absolute Gasteiger partial charge is 0.393 e. The van der Waals surface area contributed by atoms with Crippen molar-refractivity contribution in [1.29, 1.82) is 0 Å². The van der Waals surface area contributed by atoms with Gasteiger partial charge in [-0.1, -0.05) is 6.92 Å². The molecule has 0 unspecified atom stereocenters. The van der Waals surface area contributed by atoms with Crippen molar-refractivity contribution in [2.75, 3.05) is 6.54 Å². The minimum absolute atomic E-state index is 0.0919. The predicted molar refractivity (Wildman–Crippen MR) is 79.2 cm³/mol. The van der Waals surface area contributed by atoms with Gasteiger partial charge in [-0.15, -0.1) is 0 Å². The van der Waals surface area contributed by atoms with Crippen LogP contribution in [0.2, 0.25) is 0 Å². The average molecular weight is 277 g/mol. The van der Waals surface area contributed by atoms with Crippen LogP contribution >= 0.6 is 0 Å². The smallest absolute Gasteiger partial charge is 0.0583 e. The van der Waals surface area contributed by atoms with Crippen LogP contribution in [0, 0.1) is 11.8 Å². The highest BCUT2D eigenvalue weighted by atomic mass is 16.3. The van der Waals surface area contributed by atoms with Gasteiger partial charge in [0, 0.05) is 37.3 Å². The quantitative estimate of drug-likeness (QED) is 0.920. The minimum atomic E-state index is -0.0919. The fourth-order valence-electron chi connectivity index (χ4n) is 4.14. The number of hydrogen-bond donors (Lipinski definition) is 1. The van der Waals surface area contributed by atoms with Gasteiger partial charge in [-0.3, -0.25) is 9.58 Å². The number of aryl methyl sites for hydroxylation is 1. The van der Waals surface area contributed by atoms with Crippen molar-refractivity contribution in [2.45, 2.75) is 57.7 Å². The van der Waals surface area contributed by atoms with Crippen molar-refractivity contribution in [1.82, 2.24) is 14.7 Å². The number of aliphatic hydroxyl groups excluding tert-OH is 1. The van der Waals surface area contributed by atoms with E-state index in [0.29, 0.717) is 12.0 Å². The van der Waals surface area contributed by atoms with Gasteiger partial charge >= 0.3 is 0 Å². The van der Waals surface area contributed by atoms with Gasteiger partial charge in [0.15, 0.2) is 0 Å². The maximum Gasteiger partial charge on any atom is 0.0583 e. The van der Waals surface area contributed by atoms with Crippen LogP contribution in [0.4, 0.5) is 0 Å². The van der Waals surface area contributed by atoms with Crippen molar-refractivity contribution < 1.29 is 5.11 Å². The number of nitrogens with zero attached hydrogens (tertiary/aromatic N) is 3. The Hall–Kier alpha value is -0.870. The van der Waals surface area contributed by atoms with Crippen LogP contribution in [0.15, 0.2) is 12.4 Å². The lowest BCUT2D eigenvalue weighted by Crippen LogP contribution is -2.43. The highest BCUT2D eigenvalue weighted by Gasteiger charge is 2.38. The highest BCUT2D eigenvalue weighted by Crippen LogP contribution is 2.37. The van der Waals surface area contributed by atoms with E-state index >= 15 is 0 Å². The molecule has 0 amide bonds. The molecule has 112 valence electrons. The third kappa shape index (κ3) is 2.91. The van der Waals surface area contributed by atoms with Gasteiger partial charge in [0.1, 0.15) is 0 Å².